The fourth-order valence-electron chi connectivity index (χ4n) is 3.01. The molecule has 0 radical (unpaired) electrons. The van der Waals surface area contributed by atoms with Crippen LogP contribution in [0.4, 0.5) is 22.7 Å². The molecule has 3 amide bonds. The number of rotatable bonds is 3. The number of hydrogen-bond acceptors (Lipinski definition) is 5. The maximum Gasteiger partial charge on any atom is 0.266 e. The van der Waals surface area contributed by atoms with Gasteiger partial charge in [-0.2, -0.15) is 0 Å². The van der Waals surface area contributed by atoms with E-state index in [1.807, 2.05) is 0 Å². The van der Waals surface area contributed by atoms with E-state index in [1.165, 1.54) is 12.1 Å². The minimum Gasteiger partial charge on any atom is -0.399 e. The number of nitrogens with zero attached hydrogens (tertiary/aromatic N) is 1. The predicted octanol–water partition coefficient (Wildman–Crippen LogP) is 2.90. The van der Waals surface area contributed by atoms with Gasteiger partial charge in [0.2, 0.25) is 0 Å². The third kappa shape index (κ3) is 2.95. The summed E-state index contributed by atoms with van der Waals surface area (Å²) in [6, 6.07) is 17.6. The molecule has 4 rings (SSSR count). The fraction of sp³-hybridized carbons (Fsp3) is 0. The molecular weight excluding hydrogens is 356 g/mol. The molecule has 0 saturated carbocycles. The average molecular weight is 372 g/mol. The molecule has 1 aliphatic heterocycles. The number of carbonyl (C=O) groups excluding carboxylic acids is 3. The summed E-state index contributed by atoms with van der Waals surface area (Å²) < 4.78 is 0. The van der Waals surface area contributed by atoms with Crippen molar-refractivity contribution in [3.05, 3.63) is 83.4 Å². The summed E-state index contributed by atoms with van der Waals surface area (Å²) in [5.74, 6) is -1.21. The van der Waals surface area contributed by atoms with Gasteiger partial charge in [-0.25, -0.2) is 4.90 Å². The average Bonchev–Trinajstić information content (AvgIpc) is 2.93. The van der Waals surface area contributed by atoms with Gasteiger partial charge in [-0.05, 0) is 66.7 Å². The lowest BCUT2D eigenvalue weighted by Crippen LogP contribution is -2.29. The Kier molecular flexibility index (Phi) is 4.04. The Balaban J connectivity index is 1.61. The number of amides is 3. The second kappa shape index (κ2) is 6.55. The Morgan fingerprint density at radius 3 is 1.96 bits per heavy atom. The molecule has 0 bridgehead atoms. The molecular formula is C21H16N4O3. The van der Waals surface area contributed by atoms with Gasteiger partial charge in [-0.15, -0.1) is 0 Å². The summed E-state index contributed by atoms with van der Waals surface area (Å²) in [5, 5.41) is 2.73. The summed E-state index contributed by atoms with van der Waals surface area (Å²) in [6.45, 7) is 0. The Morgan fingerprint density at radius 1 is 0.750 bits per heavy atom. The molecule has 0 aromatic heterocycles. The normalized spacial score (nSPS) is 12.8. The van der Waals surface area contributed by atoms with Crippen molar-refractivity contribution in [3.8, 4) is 0 Å². The van der Waals surface area contributed by atoms with Crippen molar-refractivity contribution < 1.29 is 14.4 Å². The summed E-state index contributed by atoms with van der Waals surface area (Å²) in [5.41, 5.74) is 14.2. The highest BCUT2D eigenvalue weighted by molar-refractivity contribution is 6.34. The summed E-state index contributed by atoms with van der Waals surface area (Å²) in [6.07, 6.45) is 0. The second-order valence-electron chi connectivity index (χ2n) is 6.37. The molecule has 5 N–H and O–H groups in total. The number of carbonyl (C=O) groups is 3. The summed E-state index contributed by atoms with van der Waals surface area (Å²) in [7, 11) is 0. The number of nitrogens with two attached hydrogens (primary N) is 2. The molecule has 7 nitrogen and oxygen atoms in total. The fourth-order valence-corrected chi connectivity index (χ4v) is 3.01. The maximum atomic E-state index is 12.8. The van der Waals surface area contributed by atoms with E-state index in [4.69, 9.17) is 11.5 Å². The van der Waals surface area contributed by atoms with Gasteiger partial charge < -0.3 is 16.8 Å². The molecule has 0 aliphatic carbocycles. The van der Waals surface area contributed by atoms with Gasteiger partial charge in [-0.1, -0.05) is 0 Å². The monoisotopic (exact) mass is 372 g/mol. The van der Waals surface area contributed by atoms with Crippen LogP contribution in [-0.4, -0.2) is 17.7 Å². The number of anilines is 4. The van der Waals surface area contributed by atoms with E-state index >= 15 is 0 Å². The highest BCUT2D eigenvalue weighted by atomic mass is 16.2. The van der Waals surface area contributed by atoms with E-state index < -0.39 is 11.8 Å². The van der Waals surface area contributed by atoms with E-state index in [9.17, 15) is 14.4 Å². The topological polar surface area (TPSA) is 119 Å². The van der Waals surface area contributed by atoms with Gasteiger partial charge in [0.25, 0.3) is 17.7 Å². The number of hydrogen-bond donors (Lipinski definition) is 3. The number of fused-ring (bicyclic) bond motifs is 1. The van der Waals surface area contributed by atoms with Crippen molar-refractivity contribution in [2.75, 3.05) is 21.7 Å². The zero-order chi connectivity index (χ0) is 19.8. The minimum atomic E-state index is -0.451. The van der Waals surface area contributed by atoms with Gasteiger partial charge in [0.15, 0.2) is 0 Å². The highest BCUT2D eigenvalue weighted by Gasteiger charge is 2.36. The quantitative estimate of drug-likeness (QED) is 0.482. The first kappa shape index (κ1) is 17.3. The molecule has 0 atom stereocenters. The van der Waals surface area contributed by atoms with Gasteiger partial charge in [0, 0.05) is 22.6 Å². The van der Waals surface area contributed by atoms with Crippen molar-refractivity contribution in [3.63, 3.8) is 0 Å². The van der Waals surface area contributed by atoms with Crippen molar-refractivity contribution in [2.24, 2.45) is 0 Å². The predicted molar refractivity (Wildman–Crippen MR) is 107 cm³/mol. The second-order valence-corrected chi connectivity index (χ2v) is 6.37. The Bertz CT molecular complexity index is 1110. The SMILES string of the molecule is Nc1ccc(C(=O)Nc2ccc3c(c2)C(=O)N(c2ccc(N)cc2)C3=O)cc1. The molecule has 0 saturated heterocycles. The molecule has 1 heterocycles. The van der Waals surface area contributed by atoms with Crippen molar-refractivity contribution in [2.45, 2.75) is 0 Å². The zero-order valence-electron chi connectivity index (χ0n) is 14.7. The molecule has 3 aromatic rings. The van der Waals surface area contributed by atoms with E-state index in [2.05, 4.69) is 5.32 Å². The lowest BCUT2D eigenvalue weighted by molar-refractivity contribution is 0.0924. The molecule has 0 spiro atoms. The lowest BCUT2D eigenvalue weighted by Gasteiger charge is -2.13. The van der Waals surface area contributed by atoms with Gasteiger partial charge in [-0.3, -0.25) is 14.4 Å². The van der Waals surface area contributed by atoms with Crippen LogP contribution >= 0.6 is 0 Å². The third-order valence-corrected chi connectivity index (χ3v) is 4.47. The number of nitrogen functional groups attached to an aromatic ring is 2. The van der Waals surface area contributed by atoms with E-state index in [1.54, 1.807) is 54.6 Å². The first-order valence-corrected chi connectivity index (χ1v) is 8.49. The van der Waals surface area contributed by atoms with Crippen LogP contribution < -0.4 is 21.7 Å². The summed E-state index contributed by atoms with van der Waals surface area (Å²) in [4.78, 5) is 38.9. The van der Waals surface area contributed by atoms with Gasteiger partial charge in [0.1, 0.15) is 0 Å². The standard InChI is InChI=1S/C21H16N4O3/c22-13-3-1-12(2-4-13)19(26)24-15-7-10-17-18(11-15)21(28)25(20(17)27)16-8-5-14(23)6-9-16/h1-11H,22-23H2,(H,24,26). The molecule has 3 aromatic carbocycles. The van der Waals surface area contributed by atoms with E-state index in [0.29, 0.717) is 28.3 Å². The largest absolute Gasteiger partial charge is 0.399 e. The Morgan fingerprint density at radius 2 is 1.32 bits per heavy atom. The van der Waals surface area contributed by atoms with Crippen LogP contribution in [0.25, 0.3) is 0 Å². The van der Waals surface area contributed by atoms with Crippen LogP contribution in [0.5, 0.6) is 0 Å². The van der Waals surface area contributed by atoms with Crippen LogP contribution in [0.3, 0.4) is 0 Å². The molecule has 28 heavy (non-hydrogen) atoms. The van der Waals surface area contributed by atoms with Crippen LogP contribution in [0, 0.1) is 0 Å². The van der Waals surface area contributed by atoms with Crippen molar-refractivity contribution in [1.82, 2.24) is 0 Å². The maximum absolute atomic E-state index is 12.8. The van der Waals surface area contributed by atoms with E-state index in [-0.39, 0.29) is 17.0 Å². The van der Waals surface area contributed by atoms with Gasteiger partial charge in [0.05, 0.1) is 16.8 Å². The number of imide groups is 1. The number of nitrogens with one attached hydrogen (secondary N) is 1. The lowest BCUT2D eigenvalue weighted by atomic mass is 10.1. The Hall–Kier alpha value is -4.13. The molecule has 138 valence electrons. The first-order valence-electron chi connectivity index (χ1n) is 8.49. The first-order chi connectivity index (χ1) is 13.4. The third-order valence-electron chi connectivity index (χ3n) is 4.47. The molecule has 0 unspecified atom stereocenters. The zero-order valence-corrected chi connectivity index (χ0v) is 14.7. The van der Waals surface area contributed by atoms with Crippen LogP contribution in [0.2, 0.25) is 0 Å². The van der Waals surface area contributed by atoms with Crippen LogP contribution in [-0.2, 0) is 0 Å². The van der Waals surface area contributed by atoms with Crippen molar-refractivity contribution in [1.29, 1.82) is 0 Å². The van der Waals surface area contributed by atoms with Crippen LogP contribution in [0.15, 0.2) is 66.7 Å². The van der Waals surface area contributed by atoms with Crippen molar-refractivity contribution >= 4 is 40.5 Å². The van der Waals surface area contributed by atoms with Crippen LogP contribution in [0.1, 0.15) is 31.1 Å². The minimum absolute atomic E-state index is 0.233. The number of benzene rings is 3. The van der Waals surface area contributed by atoms with E-state index in [0.717, 1.165) is 4.90 Å². The molecule has 7 heteroatoms. The smallest absolute Gasteiger partial charge is 0.266 e. The van der Waals surface area contributed by atoms with Gasteiger partial charge >= 0.3 is 0 Å². The molecule has 0 fully saturated rings. The summed E-state index contributed by atoms with van der Waals surface area (Å²) >= 11 is 0. The molecule has 1 aliphatic rings. The Labute approximate surface area is 160 Å². The highest BCUT2D eigenvalue weighted by Crippen LogP contribution is 2.30.